The molecule has 2 aromatic rings. The number of nitriles is 1. The standard InChI is InChI=1S/C17H16N2O/c1-13(14-8-4-2-5-9-14)19-17(20)16(12-18)15-10-6-3-7-11-15/h2-11,13,16H,1H3,(H,19,20)/t13-,16?/m0/s1. The third kappa shape index (κ3) is 3.24. The van der Waals surface area contributed by atoms with Crippen molar-refractivity contribution in [2.45, 2.75) is 18.9 Å². The second-order valence-electron chi connectivity index (χ2n) is 4.61. The molecule has 3 heteroatoms. The van der Waals surface area contributed by atoms with Gasteiger partial charge in [0.1, 0.15) is 5.92 Å². The number of carbonyl (C=O) groups excluding carboxylic acids is 1. The fraction of sp³-hybridized carbons (Fsp3) is 0.176. The maximum absolute atomic E-state index is 12.2. The fourth-order valence-electron chi connectivity index (χ4n) is 2.05. The van der Waals surface area contributed by atoms with E-state index in [2.05, 4.69) is 11.4 Å². The van der Waals surface area contributed by atoms with Gasteiger partial charge in [0.05, 0.1) is 12.1 Å². The Bertz CT molecular complexity index is 602. The molecule has 0 fully saturated rings. The molecule has 2 atom stereocenters. The van der Waals surface area contributed by atoms with Crippen molar-refractivity contribution in [2.75, 3.05) is 0 Å². The maximum Gasteiger partial charge on any atom is 0.242 e. The lowest BCUT2D eigenvalue weighted by atomic mass is 9.99. The van der Waals surface area contributed by atoms with Crippen molar-refractivity contribution in [2.24, 2.45) is 0 Å². The Morgan fingerprint density at radius 1 is 1.00 bits per heavy atom. The number of rotatable bonds is 4. The van der Waals surface area contributed by atoms with Gasteiger partial charge in [-0.3, -0.25) is 4.79 Å². The average Bonchev–Trinajstić information content (AvgIpc) is 2.50. The second kappa shape index (κ2) is 6.53. The molecule has 0 aliphatic carbocycles. The fourth-order valence-corrected chi connectivity index (χ4v) is 2.05. The van der Waals surface area contributed by atoms with Crippen molar-refractivity contribution < 1.29 is 4.79 Å². The van der Waals surface area contributed by atoms with E-state index in [4.69, 9.17) is 0 Å². The first kappa shape index (κ1) is 13.8. The van der Waals surface area contributed by atoms with Crippen LogP contribution in [0.15, 0.2) is 60.7 Å². The van der Waals surface area contributed by atoms with Gasteiger partial charge in [-0.15, -0.1) is 0 Å². The quantitative estimate of drug-likeness (QED) is 0.922. The molecule has 0 aliphatic rings. The summed E-state index contributed by atoms with van der Waals surface area (Å²) in [5, 5.41) is 12.1. The topological polar surface area (TPSA) is 52.9 Å². The van der Waals surface area contributed by atoms with Crippen LogP contribution < -0.4 is 5.32 Å². The minimum Gasteiger partial charge on any atom is -0.348 e. The Kier molecular flexibility index (Phi) is 4.52. The first-order valence-corrected chi connectivity index (χ1v) is 6.52. The molecule has 0 saturated heterocycles. The lowest BCUT2D eigenvalue weighted by Gasteiger charge is -2.16. The highest BCUT2D eigenvalue weighted by Crippen LogP contribution is 2.17. The monoisotopic (exact) mass is 264 g/mol. The molecule has 1 unspecified atom stereocenters. The summed E-state index contributed by atoms with van der Waals surface area (Å²) in [6, 6.07) is 20.7. The van der Waals surface area contributed by atoms with Gasteiger partial charge in [0.15, 0.2) is 0 Å². The van der Waals surface area contributed by atoms with Crippen LogP contribution in [0.4, 0.5) is 0 Å². The number of amides is 1. The van der Waals surface area contributed by atoms with Crippen molar-refractivity contribution in [3.8, 4) is 6.07 Å². The predicted octanol–water partition coefficient (Wildman–Crippen LogP) is 3.17. The molecule has 2 aromatic carbocycles. The smallest absolute Gasteiger partial charge is 0.242 e. The van der Waals surface area contributed by atoms with E-state index >= 15 is 0 Å². The maximum atomic E-state index is 12.2. The Balaban J connectivity index is 2.10. The number of carbonyl (C=O) groups is 1. The van der Waals surface area contributed by atoms with Gasteiger partial charge in [-0.2, -0.15) is 5.26 Å². The zero-order valence-electron chi connectivity index (χ0n) is 11.3. The van der Waals surface area contributed by atoms with E-state index in [0.29, 0.717) is 5.56 Å². The van der Waals surface area contributed by atoms with Gasteiger partial charge >= 0.3 is 0 Å². The summed E-state index contributed by atoms with van der Waals surface area (Å²) >= 11 is 0. The summed E-state index contributed by atoms with van der Waals surface area (Å²) in [5.74, 6) is -1.04. The van der Waals surface area contributed by atoms with Crippen LogP contribution in [-0.4, -0.2) is 5.91 Å². The lowest BCUT2D eigenvalue weighted by molar-refractivity contribution is -0.122. The lowest BCUT2D eigenvalue weighted by Crippen LogP contribution is -2.31. The van der Waals surface area contributed by atoms with Gasteiger partial charge in [-0.05, 0) is 18.1 Å². The summed E-state index contributed by atoms with van der Waals surface area (Å²) in [5.41, 5.74) is 1.73. The van der Waals surface area contributed by atoms with E-state index in [1.165, 1.54) is 0 Å². The second-order valence-corrected chi connectivity index (χ2v) is 4.61. The summed E-state index contributed by atoms with van der Waals surface area (Å²) in [6.45, 7) is 1.91. The number of benzene rings is 2. The summed E-state index contributed by atoms with van der Waals surface area (Å²) in [7, 11) is 0. The van der Waals surface area contributed by atoms with Crippen LogP contribution in [0.25, 0.3) is 0 Å². The van der Waals surface area contributed by atoms with E-state index in [9.17, 15) is 10.1 Å². The van der Waals surface area contributed by atoms with Gasteiger partial charge in [-0.1, -0.05) is 60.7 Å². The van der Waals surface area contributed by atoms with Gasteiger partial charge in [0.25, 0.3) is 0 Å². The Hall–Kier alpha value is -2.60. The Morgan fingerprint density at radius 3 is 2.00 bits per heavy atom. The molecule has 3 nitrogen and oxygen atoms in total. The summed E-state index contributed by atoms with van der Waals surface area (Å²) in [4.78, 5) is 12.2. The normalized spacial score (nSPS) is 13.0. The first-order valence-electron chi connectivity index (χ1n) is 6.52. The Morgan fingerprint density at radius 2 is 1.50 bits per heavy atom. The third-order valence-corrected chi connectivity index (χ3v) is 3.18. The largest absolute Gasteiger partial charge is 0.348 e. The van der Waals surface area contributed by atoms with Gasteiger partial charge in [-0.25, -0.2) is 0 Å². The van der Waals surface area contributed by atoms with Crippen molar-refractivity contribution in [3.63, 3.8) is 0 Å². The molecule has 1 N–H and O–H groups in total. The van der Waals surface area contributed by atoms with Crippen LogP contribution in [0.2, 0.25) is 0 Å². The molecular weight excluding hydrogens is 248 g/mol. The van der Waals surface area contributed by atoms with E-state index in [1.54, 1.807) is 12.1 Å². The van der Waals surface area contributed by atoms with Crippen molar-refractivity contribution in [1.29, 1.82) is 5.26 Å². The van der Waals surface area contributed by atoms with Crippen molar-refractivity contribution >= 4 is 5.91 Å². The number of nitrogens with one attached hydrogen (secondary N) is 1. The number of hydrogen-bond acceptors (Lipinski definition) is 2. The van der Waals surface area contributed by atoms with Crippen LogP contribution in [0.5, 0.6) is 0 Å². The van der Waals surface area contributed by atoms with E-state index in [-0.39, 0.29) is 11.9 Å². The van der Waals surface area contributed by atoms with Crippen LogP contribution in [0.3, 0.4) is 0 Å². The van der Waals surface area contributed by atoms with E-state index in [1.807, 2.05) is 55.5 Å². The Labute approximate surface area is 118 Å². The number of hydrogen-bond donors (Lipinski definition) is 1. The third-order valence-electron chi connectivity index (χ3n) is 3.18. The van der Waals surface area contributed by atoms with Crippen molar-refractivity contribution in [3.05, 3.63) is 71.8 Å². The van der Waals surface area contributed by atoms with Crippen LogP contribution >= 0.6 is 0 Å². The minimum absolute atomic E-state index is 0.122. The molecule has 100 valence electrons. The van der Waals surface area contributed by atoms with Crippen LogP contribution in [0, 0.1) is 11.3 Å². The molecule has 2 rings (SSSR count). The molecule has 1 amide bonds. The molecular formula is C17H16N2O. The SMILES string of the molecule is C[C@H](NC(=O)C(C#N)c1ccccc1)c1ccccc1. The van der Waals surface area contributed by atoms with Gasteiger partial charge in [0.2, 0.25) is 5.91 Å². The minimum atomic E-state index is -0.776. The highest BCUT2D eigenvalue weighted by Gasteiger charge is 2.21. The highest BCUT2D eigenvalue weighted by molar-refractivity contribution is 5.86. The van der Waals surface area contributed by atoms with Gasteiger partial charge < -0.3 is 5.32 Å². The molecule has 0 bridgehead atoms. The van der Waals surface area contributed by atoms with E-state index in [0.717, 1.165) is 5.56 Å². The van der Waals surface area contributed by atoms with Crippen LogP contribution in [0.1, 0.15) is 30.0 Å². The molecule has 0 spiro atoms. The van der Waals surface area contributed by atoms with E-state index < -0.39 is 5.92 Å². The molecule has 0 heterocycles. The predicted molar refractivity (Wildman–Crippen MR) is 77.8 cm³/mol. The summed E-state index contributed by atoms with van der Waals surface area (Å²) in [6.07, 6.45) is 0. The first-order chi connectivity index (χ1) is 9.72. The number of nitrogens with zero attached hydrogens (tertiary/aromatic N) is 1. The zero-order chi connectivity index (χ0) is 14.4. The molecule has 0 radical (unpaired) electrons. The average molecular weight is 264 g/mol. The molecule has 0 aliphatic heterocycles. The molecule has 0 saturated carbocycles. The van der Waals surface area contributed by atoms with Crippen molar-refractivity contribution in [1.82, 2.24) is 5.32 Å². The van der Waals surface area contributed by atoms with Crippen LogP contribution in [-0.2, 0) is 4.79 Å². The molecule has 0 aromatic heterocycles. The van der Waals surface area contributed by atoms with Gasteiger partial charge in [0, 0.05) is 0 Å². The highest BCUT2D eigenvalue weighted by atomic mass is 16.1. The zero-order valence-corrected chi connectivity index (χ0v) is 11.3. The molecule has 20 heavy (non-hydrogen) atoms. The summed E-state index contributed by atoms with van der Waals surface area (Å²) < 4.78 is 0.